The van der Waals surface area contributed by atoms with Crippen LogP contribution < -0.4 is 10.2 Å². The molecule has 0 spiro atoms. The molecule has 0 saturated carbocycles. The number of nitrogens with one attached hydrogen (secondary N) is 1. The number of amides is 2. The molecule has 1 fully saturated rings. The molecule has 0 radical (unpaired) electrons. The van der Waals surface area contributed by atoms with Crippen LogP contribution in [0.1, 0.15) is 26.3 Å². The summed E-state index contributed by atoms with van der Waals surface area (Å²) >= 11 is 0. The van der Waals surface area contributed by atoms with E-state index in [1.54, 1.807) is 6.07 Å². The summed E-state index contributed by atoms with van der Waals surface area (Å²) in [7, 11) is 0. The van der Waals surface area contributed by atoms with E-state index in [1.165, 1.54) is 0 Å². The lowest BCUT2D eigenvalue weighted by molar-refractivity contribution is 0.185. The lowest BCUT2D eigenvalue weighted by atomic mass is 10.1. The summed E-state index contributed by atoms with van der Waals surface area (Å²) in [6.45, 7) is 8.90. The number of hydrogen-bond donors (Lipinski definition) is 1. The SMILES string of the molecule is CC(C)(C)NC(=O)N1CCN(c2cccc(C#N)c2)CC1. The van der Waals surface area contributed by atoms with Crippen molar-refractivity contribution in [3.8, 4) is 6.07 Å². The smallest absolute Gasteiger partial charge is 0.317 e. The molecular weight excluding hydrogens is 264 g/mol. The van der Waals surface area contributed by atoms with E-state index in [2.05, 4.69) is 16.3 Å². The van der Waals surface area contributed by atoms with Gasteiger partial charge in [0.1, 0.15) is 0 Å². The van der Waals surface area contributed by atoms with Crippen molar-refractivity contribution in [1.82, 2.24) is 10.2 Å². The average Bonchev–Trinajstić information content (AvgIpc) is 2.46. The van der Waals surface area contributed by atoms with Gasteiger partial charge in [-0.25, -0.2) is 4.79 Å². The standard InChI is InChI=1S/C16H22N4O/c1-16(2,3)18-15(21)20-9-7-19(8-10-20)14-6-4-5-13(11-14)12-17/h4-6,11H,7-10H2,1-3H3,(H,18,21). The lowest BCUT2D eigenvalue weighted by Crippen LogP contribution is -2.55. The van der Waals surface area contributed by atoms with Gasteiger partial charge in [-0.1, -0.05) is 6.07 Å². The number of hydrogen-bond acceptors (Lipinski definition) is 3. The number of carbonyl (C=O) groups is 1. The second-order valence-corrected chi connectivity index (χ2v) is 6.32. The Morgan fingerprint density at radius 2 is 1.90 bits per heavy atom. The number of nitrogens with zero attached hydrogens (tertiary/aromatic N) is 3. The van der Waals surface area contributed by atoms with Gasteiger partial charge in [0.25, 0.3) is 0 Å². The maximum Gasteiger partial charge on any atom is 0.317 e. The Morgan fingerprint density at radius 3 is 2.48 bits per heavy atom. The highest BCUT2D eigenvalue weighted by Gasteiger charge is 2.24. The minimum absolute atomic E-state index is 0.00655. The van der Waals surface area contributed by atoms with Crippen LogP contribution in [-0.4, -0.2) is 42.6 Å². The third kappa shape index (κ3) is 4.12. The fraction of sp³-hybridized carbons (Fsp3) is 0.500. The molecule has 5 nitrogen and oxygen atoms in total. The lowest BCUT2D eigenvalue weighted by Gasteiger charge is -2.37. The van der Waals surface area contributed by atoms with E-state index in [-0.39, 0.29) is 11.6 Å². The summed E-state index contributed by atoms with van der Waals surface area (Å²) < 4.78 is 0. The zero-order valence-electron chi connectivity index (χ0n) is 12.9. The van der Waals surface area contributed by atoms with Gasteiger partial charge in [0.2, 0.25) is 0 Å². The van der Waals surface area contributed by atoms with Crippen LogP contribution in [0.15, 0.2) is 24.3 Å². The number of urea groups is 1. The third-order valence-electron chi connectivity index (χ3n) is 3.39. The molecule has 1 saturated heterocycles. The molecule has 1 N–H and O–H groups in total. The number of benzene rings is 1. The van der Waals surface area contributed by atoms with Gasteiger partial charge in [0, 0.05) is 37.4 Å². The summed E-state index contributed by atoms with van der Waals surface area (Å²) in [5.74, 6) is 0. The summed E-state index contributed by atoms with van der Waals surface area (Å²) in [6, 6.07) is 9.75. The highest BCUT2D eigenvalue weighted by molar-refractivity contribution is 5.75. The van der Waals surface area contributed by atoms with E-state index < -0.39 is 0 Å². The zero-order chi connectivity index (χ0) is 15.5. The van der Waals surface area contributed by atoms with Crippen LogP contribution in [0, 0.1) is 11.3 Å². The molecule has 21 heavy (non-hydrogen) atoms. The number of piperazine rings is 1. The Hall–Kier alpha value is -2.22. The molecule has 2 rings (SSSR count). The van der Waals surface area contributed by atoms with Crippen molar-refractivity contribution in [2.75, 3.05) is 31.1 Å². The van der Waals surface area contributed by atoms with E-state index in [4.69, 9.17) is 5.26 Å². The summed E-state index contributed by atoms with van der Waals surface area (Å²) in [4.78, 5) is 16.2. The normalized spacial score (nSPS) is 15.5. The van der Waals surface area contributed by atoms with Gasteiger partial charge in [0.05, 0.1) is 11.6 Å². The Bertz CT molecular complexity index is 548. The van der Waals surface area contributed by atoms with Gasteiger partial charge < -0.3 is 15.1 Å². The van der Waals surface area contributed by atoms with Crippen molar-refractivity contribution in [1.29, 1.82) is 5.26 Å². The van der Waals surface area contributed by atoms with Gasteiger partial charge in [-0.05, 0) is 39.0 Å². The van der Waals surface area contributed by atoms with Crippen LogP contribution in [0.5, 0.6) is 0 Å². The molecule has 1 aromatic carbocycles. The predicted octanol–water partition coefficient (Wildman–Crippen LogP) is 2.19. The topological polar surface area (TPSA) is 59.4 Å². The van der Waals surface area contributed by atoms with E-state index >= 15 is 0 Å². The van der Waals surface area contributed by atoms with Crippen LogP contribution >= 0.6 is 0 Å². The summed E-state index contributed by atoms with van der Waals surface area (Å²) in [6.07, 6.45) is 0. The number of carbonyl (C=O) groups excluding carboxylic acids is 1. The quantitative estimate of drug-likeness (QED) is 0.861. The van der Waals surface area contributed by atoms with Crippen LogP contribution in [0.3, 0.4) is 0 Å². The zero-order valence-corrected chi connectivity index (χ0v) is 12.9. The van der Waals surface area contributed by atoms with Gasteiger partial charge in [0.15, 0.2) is 0 Å². The molecule has 0 aromatic heterocycles. The summed E-state index contributed by atoms with van der Waals surface area (Å²) in [5.41, 5.74) is 1.50. The molecular formula is C16H22N4O. The van der Waals surface area contributed by atoms with Crippen molar-refractivity contribution in [2.24, 2.45) is 0 Å². The first-order valence-corrected chi connectivity index (χ1v) is 7.21. The first-order chi connectivity index (χ1) is 9.89. The van der Waals surface area contributed by atoms with Crippen molar-refractivity contribution >= 4 is 11.7 Å². The Morgan fingerprint density at radius 1 is 1.24 bits per heavy atom. The van der Waals surface area contributed by atoms with Crippen molar-refractivity contribution in [3.63, 3.8) is 0 Å². The Kier molecular flexibility index (Phi) is 4.37. The van der Waals surface area contributed by atoms with Crippen LogP contribution in [0.25, 0.3) is 0 Å². The molecule has 1 aromatic rings. The molecule has 0 unspecified atom stereocenters. The average molecular weight is 286 g/mol. The molecule has 1 heterocycles. The molecule has 0 aliphatic carbocycles. The van der Waals surface area contributed by atoms with Crippen molar-refractivity contribution in [2.45, 2.75) is 26.3 Å². The molecule has 112 valence electrons. The number of anilines is 1. The van der Waals surface area contributed by atoms with Crippen LogP contribution in [0.4, 0.5) is 10.5 Å². The molecule has 0 bridgehead atoms. The maximum atomic E-state index is 12.1. The summed E-state index contributed by atoms with van der Waals surface area (Å²) in [5, 5.41) is 11.9. The maximum absolute atomic E-state index is 12.1. The molecule has 1 aliphatic heterocycles. The second kappa shape index (κ2) is 6.04. The predicted molar refractivity (Wildman–Crippen MR) is 83.2 cm³/mol. The number of rotatable bonds is 1. The Labute approximate surface area is 126 Å². The van der Waals surface area contributed by atoms with E-state index in [9.17, 15) is 4.79 Å². The van der Waals surface area contributed by atoms with E-state index in [1.807, 2.05) is 43.9 Å². The Balaban J connectivity index is 1.94. The third-order valence-corrected chi connectivity index (χ3v) is 3.39. The first-order valence-electron chi connectivity index (χ1n) is 7.21. The number of nitriles is 1. The van der Waals surface area contributed by atoms with E-state index in [0.717, 1.165) is 18.8 Å². The fourth-order valence-electron chi connectivity index (χ4n) is 2.34. The molecule has 1 aliphatic rings. The van der Waals surface area contributed by atoms with Crippen molar-refractivity contribution in [3.05, 3.63) is 29.8 Å². The molecule has 2 amide bonds. The van der Waals surface area contributed by atoms with Crippen molar-refractivity contribution < 1.29 is 4.79 Å². The highest BCUT2D eigenvalue weighted by atomic mass is 16.2. The highest BCUT2D eigenvalue weighted by Crippen LogP contribution is 2.18. The molecule has 5 heteroatoms. The van der Waals surface area contributed by atoms with Gasteiger partial charge in [-0.2, -0.15) is 5.26 Å². The minimum Gasteiger partial charge on any atom is -0.368 e. The first kappa shape index (κ1) is 15.2. The van der Waals surface area contributed by atoms with Gasteiger partial charge in [-0.3, -0.25) is 0 Å². The van der Waals surface area contributed by atoms with Crippen LogP contribution in [0.2, 0.25) is 0 Å². The van der Waals surface area contributed by atoms with E-state index in [0.29, 0.717) is 18.7 Å². The minimum atomic E-state index is -0.213. The van der Waals surface area contributed by atoms with Gasteiger partial charge >= 0.3 is 6.03 Å². The fourth-order valence-corrected chi connectivity index (χ4v) is 2.34. The monoisotopic (exact) mass is 286 g/mol. The molecule has 0 atom stereocenters. The van der Waals surface area contributed by atoms with Crippen LogP contribution in [-0.2, 0) is 0 Å². The largest absolute Gasteiger partial charge is 0.368 e. The second-order valence-electron chi connectivity index (χ2n) is 6.32. The van der Waals surface area contributed by atoms with Gasteiger partial charge in [-0.15, -0.1) is 0 Å².